The van der Waals surface area contributed by atoms with Crippen molar-refractivity contribution in [1.82, 2.24) is 5.32 Å². The van der Waals surface area contributed by atoms with Crippen LogP contribution in [0.1, 0.15) is 15.2 Å². The molecular weight excluding hydrogens is 441 g/mol. The summed E-state index contributed by atoms with van der Waals surface area (Å²) in [5, 5.41) is 2.73. The maximum atomic E-state index is 13.6. The van der Waals surface area contributed by atoms with Crippen molar-refractivity contribution in [2.75, 3.05) is 12.3 Å². The van der Waals surface area contributed by atoms with Crippen LogP contribution in [0.3, 0.4) is 0 Å². The summed E-state index contributed by atoms with van der Waals surface area (Å²) in [7, 11) is 0. The van der Waals surface area contributed by atoms with Crippen LogP contribution in [-0.4, -0.2) is 18.2 Å². The van der Waals surface area contributed by atoms with Crippen molar-refractivity contribution in [3.63, 3.8) is 0 Å². The molecule has 21 heavy (non-hydrogen) atoms. The number of carbonyl (C=O) groups is 1. The van der Waals surface area contributed by atoms with E-state index in [1.807, 2.05) is 6.07 Å². The second-order valence-corrected chi connectivity index (χ2v) is 8.71. The van der Waals surface area contributed by atoms with Crippen molar-refractivity contribution in [2.45, 2.75) is 5.75 Å². The first-order valence-corrected chi connectivity index (χ1v) is 9.67. The summed E-state index contributed by atoms with van der Waals surface area (Å²) in [5.41, 5.74) is 0.0744. The fourth-order valence-electron chi connectivity index (χ4n) is 1.61. The molecule has 0 saturated heterocycles. The van der Waals surface area contributed by atoms with Crippen molar-refractivity contribution in [2.24, 2.45) is 0 Å². The molecule has 1 aromatic carbocycles. The van der Waals surface area contributed by atoms with Gasteiger partial charge >= 0.3 is 0 Å². The van der Waals surface area contributed by atoms with Crippen LogP contribution in [0.5, 0.6) is 0 Å². The van der Waals surface area contributed by atoms with E-state index >= 15 is 0 Å². The quantitative estimate of drug-likeness (QED) is 0.619. The fraction of sp³-hybridized carbons (Fsp3) is 0.214. The number of benzene rings is 1. The number of rotatable bonds is 6. The van der Waals surface area contributed by atoms with Gasteiger partial charge in [0.2, 0.25) is 0 Å². The van der Waals surface area contributed by atoms with Gasteiger partial charge in [-0.05, 0) is 46.3 Å². The molecule has 0 aliphatic heterocycles. The highest BCUT2D eigenvalue weighted by Gasteiger charge is 2.11. The number of nitrogens with one attached hydrogen (secondary N) is 1. The Balaban J connectivity index is 1.72. The Labute approximate surface area is 147 Å². The van der Waals surface area contributed by atoms with Gasteiger partial charge in [0.15, 0.2) is 0 Å². The van der Waals surface area contributed by atoms with Crippen LogP contribution in [-0.2, 0) is 5.75 Å². The minimum absolute atomic E-state index is 0.0744. The predicted octanol–water partition coefficient (Wildman–Crippen LogP) is 5.08. The van der Waals surface area contributed by atoms with E-state index in [-0.39, 0.29) is 11.5 Å². The normalized spacial score (nSPS) is 10.6. The van der Waals surface area contributed by atoms with Crippen LogP contribution in [0, 0.1) is 5.82 Å². The lowest BCUT2D eigenvalue weighted by atomic mass is 10.2. The van der Waals surface area contributed by atoms with Crippen molar-refractivity contribution >= 4 is 60.9 Å². The highest BCUT2D eigenvalue weighted by atomic mass is 79.9. The molecule has 2 nitrogen and oxygen atoms in total. The molecule has 2 rings (SSSR count). The van der Waals surface area contributed by atoms with Crippen LogP contribution in [0.15, 0.2) is 38.6 Å². The van der Waals surface area contributed by atoms with Gasteiger partial charge in [0, 0.05) is 27.4 Å². The minimum Gasteiger partial charge on any atom is -0.351 e. The zero-order valence-corrected chi connectivity index (χ0v) is 15.7. The fourth-order valence-corrected chi connectivity index (χ4v) is 4.39. The van der Waals surface area contributed by atoms with Gasteiger partial charge in [-0.25, -0.2) is 4.39 Å². The third kappa shape index (κ3) is 5.39. The summed E-state index contributed by atoms with van der Waals surface area (Å²) < 4.78 is 15.3. The summed E-state index contributed by atoms with van der Waals surface area (Å²) in [5.74, 6) is 0.815. The number of hydrogen-bond acceptors (Lipinski definition) is 3. The first-order chi connectivity index (χ1) is 10.1. The number of halogens is 3. The van der Waals surface area contributed by atoms with E-state index in [0.717, 1.165) is 15.3 Å². The Morgan fingerprint density at radius 1 is 1.29 bits per heavy atom. The van der Waals surface area contributed by atoms with Crippen molar-refractivity contribution in [3.8, 4) is 0 Å². The zero-order valence-electron chi connectivity index (χ0n) is 10.9. The maximum Gasteiger partial charge on any atom is 0.254 e. The third-order valence-electron chi connectivity index (χ3n) is 2.58. The van der Waals surface area contributed by atoms with Crippen molar-refractivity contribution in [1.29, 1.82) is 0 Å². The van der Waals surface area contributed by atoms with Crippen molar-refractivity contribution in [3.05, 3.63) is 54.8 Å². The third-order valence-corrected chi connectivity index (χ3v) is 5.89. The van der Waals surface area contributed by atoms with Crippen LogP contribution in [0.25, 0.3) is 0 Å². The molecule has 0 fully saturated rings. The standard InChI is InChI=1S/C14H12Br2FNOS2/c15-9-1-3-11(12(17)7-9)14(19)18-5-6-20-8-10-2-4-13(16)21-10/h1-4,7H,5-6,8H2,(H,18,19). The number of thioether (sulfide) groups is 1. The first-order valence-electron chi connectivity index (χ1n) is 6.11. The smallest absolute Gasteiger partial charge is 0.254 e. The lowest BCUT2D eigenvalue weighted by Crippen LogP contribution is -2.26. The van der Waals surface area contributed by atoms with E-state index in [2.05, 4.69) is 43.2 Å². The number of carbonyl (C=O) groups excluding carboxylic acids is 1. The number of hydrogen-bond donors (Lipinski definition) is 1. The molecule has 1 heterocycles. The molecule has 112 valence electrons. The average molecular weight is 453 g/mol. The van der Waals surface area contributed by atoms with Crippen LogP contribution < -0.4 is 5.32 Å². The Bertz CT molecular complexity index is 633. The van der Waals surface area contributed by atoms with E-state index in [9.17, 15) is 9.18 Å². The number of thiophene rings is 1. The molecule has 1 aromatic heterocycles. The monoisotopic (exact) mass is 451 g/mol. The summed E-state index contributed by atoms with van der Waals surface area (Å²) in [4.78, 5) is 13.1. The van der Waals surface area contributed by atoms with Gasteiger partial charge in [-0.15, -0.1) is 11.3 Å². The lowest BCUT2D eigenvalue weighted by molar-refractivity contribution is 0.0952. The van der Waals surface area contributed by atoms with Gasteiger partial charge in [-0.1, -0.05) is 15.9 Å². The molecule has 0 bridgehead atoms. The van der Waals surface area contributed by atoms with E-state index in [1.54, 1.807) is 29.2 Å². The Morgan fingerprint density at radius 2 is 2.10 bits per heavy atom. The Morgan fingerprint density at radius 3 is 2.76 bits per heavy atom. The molecule has 0 unspecified atom stereocenters. The highest BCUT2D eigenvalue weighted by Crippen LogP contribution is 2.25. The summed E-state index contributed by atoms with van der Waals surface area (Å²) in [6.07, 6.45) is 0. The molecular formula is C14H12Br2FNOS2. The van der Waals surface area contributed by atoms with Gasteiger partial charge in [-0.3, -0.25) is 4.79 Å². The molecule has 0 spiro atoms. The average Bonchev–Trinajstić information content (AvgIpc) is 2.84. The SMILES string of the molecule is O=C(NCCSCc1ccc(Br)s1)c1ccc(Br)cc1F. The van der Waals surface area contributed by atoms with Gasteiger partial charge in [-0.2, -0.15) is 11.8 Å². The minimum atomic E-state index is -0.516. The summed E-state index contributed by atoms with van der Waals surface area (Å²) >= 11 is 10.0. The molecule has 0 aliphatic rings. The first kappa shape index (κ1) is 17.0. The molecule has 1 N–H and O–H groups in total. The lowest BCUT2D eigenvalue weighted by Gasteiger charge is -2.06. The summed E-state index contributed by atoms with van der Waals surface area (Å²) in [6, 6.07) is 8.53. The van der Waals surface area contributed by atoms with Gasteiger partial charge in [0.05, 0.1) is 9.35 Å². The highest BCUT2D eigenvalue weighted by molar-refractivity contribution is 9.11. The largest absolute Gasteiger partial charge is 0.351 e. The van der Waals surface area contributed by atoms with Crippen LogP contribution >= 0.6 is 55.0 Å². The molecule has 1 amide bonds. The Kier molecular flexibility index (Phi) is 6.73. The predicted molar refractivity (Wildman–Crippen MR) is 94.6 cm³/mol. The molecule has 0 atom stereocenters. The van der Waals surface area contributed by atoms with E-state index in [4.69, 9.17) is 0 Å². The van der Waals surface area contributed by atoms with Crippen molar-refractivity contribution < 1.29 is 9.18 Å². The molecule has 7 heteroatoms. The maximum absolute atomic E-state index is 13.6. The van der Waals surface area contributed by atoms with Crippen LogP contribution in [0.4, 0.5) is 4.39 Å². The molecule has 2 aromatic rings. The molecule has 0 radical (unpaired) electrons. The summed E-state index contributed by atoms with van der Waals surface area (Å²) in [6.45, 7) is 0.519. The topological polar surface area (TPSA) is 29.1 Å². The second kappa shape index (κ2) is 8.31. The second-order valence-electron chi connectivity index (χ2n) is 4.14. The Hall–Kier alpha value is -0.370. The molecule has 0 saturated carbocycles. The van der Waals surface area contributed by atoms with Gasteiger partial charge in [0.25, 0.3) is 5.91 Å². The van der Waals surface area contributed by atoms with E-state index in [1.165, 1.54) is 17.0 Å². The van der Waals surface area contributed by atoms with Gasteiger partial charge in [0.1, 0.15) is 5.82 Å². The van der Waals surface area contributed by atoms with E-state index < -0.39 is 5.82 Å². The molecule has 0 aliphatic carbocycles. The zero-order chi connectivity index (χ0) is 15.2. The van der Waals surface area contributed by atoms with E-state index in [0.29, 0.717) is 11.0 Å². The van der Waals surface area contributed by atoms with Crippen LogP contribution in [0.2, 0.25) is 0 Å². The number of amides is 1. The van der Waals surface area contributed by atoms with Gasteiger partial charge < -0.3 is 5.32 Å².